The molecule has 2 N–H and O–H groups in total. The van der Waals surface area contributed by atoms with Crippen LogP contribution in [-0.2, 0) is 4.74 Å². The van der Waals surface area contributed by atoms with Gasteiger partial charge >= 0.3 is 5.97 Å². The highest BCUT2D eigenvalue weighted by Gasteiger charge is 2.16. The Morgan fingerprint density at radius 3 is 2.83 bits per heavy atom. The molecule has 0 aliphatic rings. The second-order valence-electron chi connectivity index (χ2n) is 3.49. The van der Waals surface area contributed by atoms with Crippen molar-refractivity contribution in [1.29, 1.82) is 0 Å². The number of ether oxygens (including phenoxy) is 1. The number of alkyl halides is 1. The molecule has 0 spiro atoms. The third-order valence-electron chi connectivity index (χ3n) is 2.15. The Hall–Kier alpha value is -0.490. The largest absolute Gasteiger partial charge is 0.465 e. The third-order valence-corrected chi connectivity index (χ3v) is 3.35. The maximum atomic E-state index is 11.6. The second kappa shape index (κ2) is 7.19. The van der Waals surface area contributed by atoms with E-state index in [4.69, 9.17) is 23.2 Å². The molecule has 1 unspecified atom stereocenters. The predicted molar refractivity (Wildman–Crippen MR) is 75.7 cm³/mol. The molecule has 1 aromatic carbocycles. The summed E-state index contributed by atoms with van der Waals surface area (Å²) >= 11 is 14.7. The number of hydrogen-bond acceptors (Lipinski definition) is 4. The molecule has 7 heteroatoms. The number of carbonyl (C=O) groups is 1. The van der Waals surface area contributed by atoms with Crippen molar-refractivity contribution in [1.82, 2.24) is 0 Å². The van der Waals surface area contributed by atoms with Gasteiger partial charge in [0.25, 0.3) is 0 Å². The van der Waals surface area contributed by atoms with Crippen molar-refractivity contribution in [3.63, 3.8) is 0 Å². The summed E-state index contributed by atoms with van der Waals surface area (Å²) in [4.78, 5) is 11.6. The van der Waals surface area contributed by atoms with Gasteiger partial charge in [-0.1, -0.05) is 11.6 Å². The summed E-state index contributed by atoms with van der Waals surface area (Å²) in [7, 11) is 1.29. The highest BCUT2D eigenvalue weighted by Crippen LogP contribution is 2.31. The summed E-state index contributed by atoms with van der Waals surface area (Å²) < 4.78 is 5.28. The topological polar surface area (TPSA) is 58.6 Å². The van der Waals surface area contributed by atoms with Crippen molar-refractivity contribution >= 4 is 50.8 Å². The number of hydrogen-bond donors (Lipinski definition) is 2. The number of aliphatic hydroxyl groups is 1. The molecule has 1 atom stereocenters. The number of benzene rings is 1. The summed E-state index contributed by atoms with van der Waals surface area (Å²) in [5.41, 5.74) is 0.800. The fourth-order valence-corrected chi connectivity index (χ4v) is 2.36. The van der Waals surface area contributed by atoms with Crippen LogP contribution in [0.15, 0.2) is 16.6 Å². The van der Waals surface area contributed by atoms with Crippen molar-refractivity contribution in [3.05, 3.63) is 27.2 Å². The van der Waals surface area contributed by atoms with Crippen LogP contribution >= 0.6 is 39.1 Å². The van der Waals surface area contributed by atoms with Crippen molar-refractivity contribution in [3.8, 4) is 0 Å². The number of halogens is 3. The van der Waals surface area contributed by atoms with Crippen LogP contribution in [0.5, 0.6) is 0 Å². The monoisotopic (exact) mass is 355 g/mol. The Morgan fingerprint density at radius 2 is 2.28 bits per heavy atom. The van der Waals surface area contributed by atoms with Crippen LogP contribution < -0.4 is 5.32 Å². The molecule has 0 radical (unpaired) electrons. The Balaban J connectivity index is 3.04. The van der Waals surface area contributed by atoms with Crippen molar-refractivity contribution < 1.29 is 14.6 Å². The molecular formula is C11H12BrCl2NO3. The lowest BCUT2D eigenvalue weighted by atomic mass is 10.1. The van der Waals surface area contributed by atoms with E-state index in [2.05, 4.69) is 26.0 Å². The molecule has 0 bridgehead atoms. The smallest absolute Gasteiger partial charge is 0.340 e. The molecule has 4 nitrogen and oxygen atoms in total. The molecular weight excluding hydrogens is 345 g/mol. The predicted octanol–water partition coefficient (Wildman–Crippen LogP) is 2.90. The van der Waals surface area contributed by atoms with E-state index in [1.807, 2.05) is 0 Å². The molecule has 0 saturated carbocycles. The van der Waals surface area contributed by atoms with Gasteiger partial charge in [0.05, 0.1) is 30.3 Å². The molecule has 1 aromatic rings. The zero-order chi connectivity index (χ0) is 13.7. The van der Waals surface area contributed by atoms with E-state index in [0.717, 1.165) is 0 Å². The van der Waals surface area contributed by atoms with E-state index < -0.39 is 12.1 Å². The molecule has 100 valence electrons. The first kappa shape index (κ1) is 15.6. The number of anilines is 1. The van der Waals surface area contributed by atoms with E-state index in [-0.39, 0.29) is 12.4 Å². The first-order valence-corrected chi connectivity index (χ1v) is 6.75. The van der Waals surface area contributed by atoms with Gasteiger partial charge < -0.3 is 15.2 Å². The third kappa shape index (κ3) is 4.02. The van der Waals surface area contributed by atoms with Crippen LogP contribution in [-0.4, -0.2) is 36.7 Å². The van der Waals surface area contributed by atoms with Crippen molar-refractivity contribution in [2.75, 3.05) is 24.9 Å². The van der Waals surface area contributed by atoms with Crippen LogP contribution in [0, 0.1) is 0 Å². The summed E-state index contributed by atoms with van der Waals surface area (Å²) in [5, 5.41) is 12.7. The molecule has 18 heavy (non-hydrogen) atoms. The number of esters is 1. The van der Waals surface area contributed by atoms with Crippen molar-refractivity contribution in [2.24, 2.45) is 0 Å². The van der Waals surface area contributed by atoms with Gasteiger partial charge in [-0.05, 0) is 28.1 Å². The quantitative estimate of drug-likeness (QED) is 0.629. The Bertz CT molecular complexity index is 443. The van der Waals surface area contributed by atoms with E-state index >= 15 is 0 Å². The number of methoxy groups -OCH3 is 1. The average Bonchev–Trinajstić information content (AvgIpc) is 2.35. The van der Waals surface area contributed by atoms with Crippen LogP contribution in [0.4, 0.5) is 5.69 Å². The minimum atomic E-state index is -0.709. The molecule has 0 aliphatic heterocycles. The summed E-state index contributed by atoms with van der Waals surface area (Å²) in [6.45, 7) is 0.216. The molecule has 0 fully saturated rings. The zero-order valence-electron chi connectivity index (χ0n) is 9.54. The Labute approximate surface area is 123 Å². The zero-order valence-corrected chi connectivity index (χ0v) is 12.6. The fraction of sp³-hybridized carbons (Fsp3) is 0.364. The highest BCUT2D eigenvalue weighted by molar-refractivity contribution is 9.10. The highest BCUT2D eigenvalue weighted by atomic mass is 79.9. The molecule has 1 rings (SSSR count). The number of rotatable bonds is 5. The molecule has 0 amide bonds. The fourth-order valence-electron chi connectivity index (χ4n) is 1.30. The summed E-state index contributed by atoms with van der Waals surface area (Å²) in [5.74, 6) is -0.410. The van der Waals surface area contributed by atoms with Gasteiger partial charge in [0.15, 0.2) is 0 Å². The SMILES string of the molecule is COC(=O)c1cc(Cl)cc(Br)c1NCC(O)CCl. The maximum Gasteiger partial charge on any atom is 0.340 e. The van der Waals surface area contributed by atoms with Crippen LogP contribution in [0.1, 0.15) is 10.4 Å². The van der Waals surface area contributed by atoms with Gasteiger partial charge in [0.2, 0.25) is 0 Å². The average molecular weight is 357 g/mol. The maximum absolute atomic E-state index is 11.6. The normalized spacial score (nSPS) is 12.1. The Kier molecular flexibility index (Phi) is 6.21. The number of carbonyl (C=O) groups excluding carboxylic acids is 1. The number of aliphatic hydroxyl groups excluding tert-OH is 1. The van der Waals surface area contributed by atoms with E-state index in [1.165, 1.54) is 13.2 Å². The first-order chi connectivity index (χ1) is 8.49. The molecule has 0 aromatic heterocycles. The van der Waals surface area contributed by atoms with E-state index in [0.29, 0.717) is 20.7 Å². The molecule has 0 saturated heterocycles. The summed E-state index contributed by atoms with van der Waals surface area (Å²) in [6, 6.07) is 3.14. The van der Waals surface area contributed by atoms with Crippen molar-refractivity contribution in [2.45, 2.75) is 6.10 Å². The van der Waals surface area contributed by atoms with E-state index in [1.54, 1.807) is 6.07 Å². The minimum Gasteiger partial charge on any atom is -0.465 e. The van der Waals surface area contributed by atoms with Crippen LogP contribution in [0.3, 0.4) is 0 Å². The minimum absolute atomic E-state index is 0.103. The van der Waals surface area contributed by atoms with Gasteiger partial charge in [-0.3, -0.25) is 0 Å². The van der Waals surface area contributed by atoms with Crippen LogP contribution in [0.2, 0.25) is 5.02 Å². The van der Waals surface area contributed by atoms with Gasteiger partial charge in [0, 0.05) is 16.0 Å². The van der Waals surface area contributed by atoms with Gasteiger partial charge in [-0.25, -0.2) is 4.79 Å². The van der Waals surface area contributed by atoms with Gasteiger partial charge in [-0.15, -0.1) is 11.6 Å². The lowest BCUT2D eigenvalue weighted by Gasteiger charge is -2.15. The number of nitrogens with one attached hydrogen (secondary N) is 1. The summed E-state index contributed by atoms with van der Waals surface area (Å²) in [6.07, 6.45) is -0.709. The second-order valence-corrected chi connectivity index (χ2v) is 5.09. The lowest BCUT2D eigenvalue weighted by molar-refractivity contribution is 0.0601. The molecule has 0 aliphatic carbocycles. The molecule has 0 heterocycles. The van der Waals surface area contributed by atoms with Gasteiger partial charge in [0.1, 0.15) is 0 Å². The first-order valence-electron chi connectivity index (χ1n) is 5.04. The lowest BCUT2D eigenvalue weighted by Crippen LogP contribution is -2.22. The van der Waals surface area contributed by atoms with E-state index in [9.17, 15) is 9.90 Å². The standard InChI is InChI=1S/C11H12BrCl2NO3/c1-18-11(17)8-2-6(14)3-9(12)10(8)15-5-7(16)4-13/h2-3,7,15-16H,4-5H2,1H3. The Morgan fingerprint density at radius 1 is 1.61 bits per heavy atom. The van der Waals surface area contributed by atoms with Gasteiger partial charge in [-0.2, -0.15) is 0 Å². The van der Waals surface area contributed by atoms with Crippen LogP contribution in [0.25, 0.3) is 0 Å².